The van der Waals surface area contributed by atoms with Crippen LogP contribution in [0.1, 0.15) is 43.4 Å². The van der Waals surface area contributed by atoms with Crippen LogP contribution >= 0.6 is 11.8 Å². The van der Waals surface area contributed by atoms with Gasteiger partial charge in [-0.05, 0) is 49.5 Å². The molecule has 2 aliphatic heterocycles. The molecule has 1 aromatic rings. The molecule has 3 atom stereocenters. The Kier molecular flexibility index (Phi) is 4.36. The van der Waals surface area contributed by atoms with Crippen LogP contribution in [-0.4, -0.2) is 23.1 Å². The number of hydrogen-bond acceptors (Lipinski definition) is 4. The standard InChI is InChI=1S/C16H24N2OS/c1-16(8-4-10-20-16)15(18-17)11-14-13-6-3-2-5-12(13)7-9-19-14/h2-3,5-6,14-15,18H,4,7-11,17H2,1H3. The average Bonchev–Trinajstić information content (AvgIpc) is 2.92. The van der Waals surface area contributed by atoms with Crippen LogP contribution in [0.5, 0.6) is 0 Å². The highest BCUT2D eigenvalue weighted by Crippen LogP contribution is 2.43. The fourth-order valence-corrected chi connectivity index (χ4v) is 4.86. The molecule has 3 unspecified atom stereocenters. The second kappa shape index (κ2) is 6.06. The number of hydrazine groups is 1. The third-order valence-corrected chi connectivity index (χ3v) is 6.37. The first kappa shape index (κ1) is 14.4. The number of nitrogens with two attached hydrogens (primary N) is 1. The third kappa shape index (κ3) is 2.75. The van der Waals surface area contributed by atoms with Gasteiger partial charge in [0.05, 0.1) is 12.7 Å². The second-order valence-electron chi connectivity index (χ2n) is 6.03. The zero-order valence-corrected chi connectivity index (χ0v) is 12.9. The predicted octanol–water partition coefficient (Wildman–Crippen LogP) is 2.81. The normalized spacial score (nSPS) is 31.0. The number of rotatable bonds is 4. The summed E-state index contributed by atoms with van der Waals surface area (Å²) in [5.74, 6) is 7.10. The summed E-state index contributed by atoms with van der Waals surface area (Å²) >= 11 is 2.05. The van der Waals surface area contributed by atoms with Crippen molar-refractivity contribution in [1.29, 1.82) is 0 Å². The third-order valence-electron chi connectivity index (χ3n) is 4.73. The number of hydrogen-bond donors (Lipinski definition) is 2. The van der Waals surface area contributed by atoms with Crippen molar-refractivity contribution >= 4 is 11.8 Å². The fourth-order valence-electron chi connectivity index (χ4n) is 3.46. The number of ether oxygens (including phenoxy) is 1. The molecule has 110 valence electrons. The molecule has 0 aromatic heterocycles. The van der Waals surface area contributed by atoms with Crippen molar-refractivity contribution in [2.24, 2.45) is 5.84 Å². The quantitative estimate of drug-likeness (QED) is 0.662. The topological polar surface area (TPSA) is 47.3 Å². The summed E-state index contributed by atoms with van der Waals surface area (Å²) in [5, 5.41) is 0. The van der Waals surface area contributed by atoms with E-state index in [1.165, 1.54) is 29.7 Å². The van der Waals surface area contributed by atoms with Gasteiger partial charge in [-0.1, -0.05) is 24.3 Å². The van der Waals surface area contributed by atoms with E-state index in [9.17, 15) is 0 Å². The van der Waals surface area contributed by atoms with E-state index in [1.807, 2.05) is 11.8 Å². The summed E-state index contributed by atoms with van der Waals surface area (Å²) in [6.07, 6.45) is 4.69. The fraction of sp³-hybridized carbons (Fsp3) is 0.625. The maximum atomic E-state index is 6.04. The van der Waals surface area contributed by atoms with Crippen LogP contribution in [0, 0.1) is 0 Å². The van der Waals surface area contributed by atoms with Crippen LogP contribution in [0.4, 0.5) is 0 Å². The van der Waals surface area contributed by atoms with E-state index in [1.54, 1.807) is 0 Å². The predicted molar refractivity (Wildman–Crippen MR) is 84.7 cm³/mol. The van der Waals surface area contributed by atoms with E-state index in [2.05, 4.69) is 36.6 Å². The highest BCUT2D eigenvalue weighted by atomic mass is 32.2. The molecule has 0 spiro atoms. The van der Waals surface area contributed by atoms with Crippen LogP contribution < -0.4 is 11.3 Å². The zero-order valence-electron chi connectivity index (χ0n) is 12.1. The van der Waals surface area contributed by atoms with Crippen molar-refractivity contribution in [3.8, 4) is 0 Å². The van der Waals surface area contributed by atoms with Gasteiger partial charge in [0.25, 0.3) is 0 Å². The van der Waals surface area contributed by atoms with Gasteiger partial charge in [-0.3, -0.25) is 11.3 Å². The van der Waals surface area contributed by atoms with Gasteiger partial charge in [-0.25, -0.2) is 0 Å². The summed E-state index contributed by atoms with van der Waals surface area (Å²) in [7, 11) is 0. The van der Waals surface area contributed by atoms with E-state index in [0.29, 0.717) is 6.04 Å². The maximum Gasteiger partial charge on any atom is 0.0843 e. The van der Waals surface area contributed by atoms with Gasteiger partial charge in [0, 0.05) is 10.8 Å². The smallest absolute Gasteiger partial charge is 0.0843 e. The Balaban J connectivity index is 1.77. The molecule has 1 saturated heterocycles. The molecule has 0 radical (unpaired) electrons. The largest absolute Gasteiger partial charge is 0.373 e. The Labute approximate surface area is 125 Å². The van der Waals surface area contributed by atoms with Crippen LogP contribution in [0.15, 0.2) is 24.3 Å². The Hall–Kier alpha value is -0.550. The Morgan fingerprint density at radius 1 is 1.50 bits per heavy atom. The van der Waals surface area contributed by atoms with Crippen LogP contribution in [0.2, 0.25) is 0 Å². The summed E-state index contributed by atoms with van der Waals surface area (Å²) in [6.45, 7) is 3.16. The van der Waals surface area contributed by atoms with Crippen molar-refractivity contribution < 1.29 is 4.74 Å². The summed E-state index contributed by atoms with van der Waals surface area (Å²) in [4.78, 5) is 0. The molecular weight excluding hydrogens is 268 g/mol. The monoisotopic (exact) mass is 292 g/mol. The van der Waals surface area contributed by atoms with E-state index in [0.717, 1.165) is 19.4 Å². The van der Waals surface area contributed by atoms with Crippen LogP contribution in [0.25, 0.3) is 0 Å². The van der Waals surface area contributed by atoms with Gasteiger partial charge in [0.1, 0.15) is 0 Å². The lowest BCUT2D eigenvalue weighted by Crippen LogP contribution is -2.49. The average molecular weight is 292 g/mol. The number of fused-ring (bicyclic) bond motifs is 1. The number of nitrogens with one attached hydrogen (secondary N) is 1. The lowest BCUT2D eigenvalue weighted by molar-refractivity contribution is 0.0266. The maximum absolute atomic E-state index is 6.04. The van der Waals surface area contributed by atoms with Crippen LogP contribution in [-0.2, 0) is 11.2 Å². The molecule has 2 heterocycles. The molecule has 4 heteroatoms. The van der Waals surface area contributed by atoms with Gasteiger partial charge in [0.2, 0.25) is 0 Å². The first-order valence-electron chi connectivity index (χ1n) is 7.52. The van der Waals surface area contributed by atoms with E-state index in [-0.39, 0.29) is 10.9 Å². The molecule has 0 amide bonds. The van der Waals surface area contributed by atoms with E-state index in [4.69, 9.17) is 10.6 Å². The summed E-state index contributed by atoms with van der Waals surface area (Å²) in [5.41, 5.74) is 5.85. The molecule has 0 aliphatic carbocycles. The molecule has 2 aliphatic rings. The Morgan fingerprint density at radius 3 is 3.10 bits per heavy atom. The highest BCUT2D eigenvalue weighted by Gasteiger charge is 2.39. The molecule has 1 fully saturated rings. The van der Waals surface area contributed by atoms with Gasteiger partial charge >= 0.3 is 0 Å². The Morgan fingerprint density at radius 2 is 2.35 bits per heavy atom. The van der Waals surface area contributed by atoms with Crippen molar-refractivity contribution in [3.05, 3.63) is 35.4 Å². The van der Waals surface area contributed by atoms with E-state index >= 15 is 0 Å². The van der Waals surface area contributed by atoms with Crippen molar-refractivity contribution in [3.63, 3.8) is 0 Å². The molecule has 20 heavy (non-hydrogen) atoms. The second-order valence-corrected chi connectivity index (χ2v) is 7.66. The van der Waals surface area contributed by atoms with E-state index < -0.39 is 0 Å². The summed E-state index contributed by atoms with van der Waals surface area (Å²) in [6, 6.07) is 8.95. The minimum Gasteiger partial charge on any atom is -0.373 e. The SMILES string of the molecule is CC1(C(CC2OCCc3ccccc32)NN)CCCS1. The lowest BCUT2D eigenvalue weighted by Gasteiger charge is -2.36. The first-order chi connectivity index (χ1) is 9.73. The van der Waals surface area contributed by atoms with Crippen molar-refractivity contribution in [1.82, 2.24) is 5.43 Å². The van der Waals surface area contributed by atoms with Gasteiger partial charge < -0.3 is 4.74 Å². The number of benzene rings is 1. The molecule has 3 nitrogen and oxygen atoms in total. The zero-order chi connectivity index (χ0) is 14.0. The molecule has 1 aromatic carbocycles. The first-order valence-corrected chi connectivity index (χ1v) is 8.51. The summed E-state index contributed by atoms with van der Waals surface area (Å²) < 4.78 is 6.28. The lowest BCUT2D eigenvalue weighted by atomic mass is 9.87. The minimum atomic E-state index is 0.180. The molecule has 3 N–H and O–H groups in total. The molecule has 0 saturated carbocycles. The molecule has 3 rings (SSSR count). The van der Waals surface area contributed by atoms with Crippen LogP contribution in [0.3, 0.4) is 0 Å². The Bertz CT molecular complexity index is 460. The van der Waals surface area contributed by atoms with Crippen molar-refractivity contribution in [2.75, 3.05) is 12.4 Å². The van der Waals surface area contributed by atoms with Gasteiger partial charge in [-0.15, -0.1) is 0 Å². The van der Waals surface area contributed by atoms with Gasteiger partial charge in [0.15, 0.2) is 0 Å². The van der Waals surface area contributed by atoms with Crippen molar-refractivity contribution in [2.45, 2.75) is 49.5 Å². The number of thioether (sulfide) groups is 1. The molecule has 0 bridgehead atoms. The highest BCUT2D eigenvalue weighted by molar-refractivity contribution is 8.00. The molecular formula is C16H24N2OS. The minimum absolute atomic E-state index is 0.180. The van der Waals surface area contributed by atoms with Gasteiger partial charge in [-0.2, -0.15) is 11.8 Å².